The van der Waals surface area contributed by atoms with Crippen LogP contribution in [0.15, 0.2) is 24.3 Å². The highest BCUT2D eigenvalue weighted by Gasteiger charge is 2.49. The summed E-state index contributed by atoms with van der Waals surface area (Å²) in [6.07, 6.45) is 3.49. The average molecular weight is 339 g/mol. The first-order valence-electron chi connectivity index (χ1n) is 8.30. The molecule has 0 spiro atoms. The molecule has 3 rings (SSSR count). The lowest BCUT2D eigenvalue weighted by atomic mass is 9.84. The van der Waals surface area contributed by atoms with E-state index in [4.69, 9.17) is 10.5 Å². The molecule has 5 heteroatoms. The van der Waals surface area contributed by atoms with E-state index in [0.29, 0.717) is 18.4 Å². The summed E-state index contributed by atoms with van der Waals surface area (Å²) < 4.78 is 5.75. The molecule has 2 aliphatic rings. The van der Waals surface area contributed by atoms with Crippen LogP contribution < -0.4 is 15.8 Å². The van der Waals surface area contributed by atoms with Crippen LogP contribution in [0.3, 0.4) is 0 Å². The van der Waals surface area contributed by atoms with Crippen molar-refractivity contribution in [1.82, 2.24) is 5.32 Å². The third kappa shape index (κ3) is 3.99. The van der Waals surface area contributed by atoms with Crippen molar-refractivity contribution in [2.75, 3.05) is 6.61 Å². The van der Waals surface area contributed by atoms with E-state index in [-0.39, 0.29) is 36.3 Å². The number of nitrogens with two attached hydrogens (primary N) is 1. The van der Waals surface area contributed by atoms with Crippen molar-refractivity contribution in [3.63, 3.8) is 0 Å². The molecular weight excluding hydrogens is 312 g/mol. The van der Waals surface area contributed by atoms with Crippen LogP contribution in [0, 0.1) is 24.7 Å². The maximum Gasteiger partial charge on any atom is 0.225 e. The van der Waals surface area contributed by atoms with Gasteiger partial charge in [-0.1, -0.05) is 12.1 Å². The summed E-state index contributed by atoms with van der Waals surface area (Å²) in [6.45, 7) is 4.49. The third-order valence-electron chi connectivity index (χ3n) is 5.16. The Balaban J connectivity index is 0.00000192. The highest BCUT2D eigenvalue weighted by atomic mass is 35.5. The van der Waals surface area contributed by atoms with Crippen LogP contribution in [0.5, 0.6) is 5.75 Å². The number of ether oxygens (including phenoxy) is 1. The Bertz CT molecular complexity index is 550. The Morgan fingerprint density at radius 3 is 2.78 bits per heavy atom. The molecule has 23 heavy (non-hydrogen) atoms. The van der Waals surface area contributed by atoms with Crippen molar-refractivity contribution in [3.05, 3.63) is 29.8 Å². The first-order valence-corrected chi connectivity index (χ1v) is 8.30. The van der Waals surface area contributed by atoms with Gasteiger partial charge in [0.15, 0.2) is 0 Å². The molecule has 2 saturated carbocycles. The number of hydrogen-bond acceptors (Lipinski definition) is 3. The summed E-state index contributed by atoms with van der Waals surface area (Å²) in [5, 5.41) is 3.08. The second kappa shape index (κ2) is 7.54. The van der Waals surface area contributed by atoms with Gasteiger partial charge < -0.3 is 15.8 Å². The van der Waals surface area contributed by atoms with Gasteiger partial charge in [-0.15, -0.1) is 12.4 Å². The molecule has 3 N–H and O–H groups in total. The lowest BCUT2D eigenvalue weighted by molar-refractivity contribution is -0.127. The standard InChI is InChI=1S/C18H26N2O2.ClH/c1-11-4-3-5-15(8-11)22-10-12(2)20-18(21)16-13-6-7-14(9-13)17(16)19;/h3-5,8,12-14,16-17H,6-7,9-10,19H2,1-2H3,(H,20,21);1H. The molecule has 0 aromatic heterocycles. The molecule has 0 saturated heterocycles. The van der Waals surface area contributed by atoms with Gasteiger partial charge in [0, 0.05) is 6.04 Å². The van der Waals surface area contributed by atoms with Crippen molar-refractivity contribution in [2.24, 2.45) is 23.5 Å². The highest BCUT2D eigenvalue weighted by Crippen LogP contribution is 2.47. The van der Waals surface area contributed by atoms with Crippen LogP contribution in [0.1, 0.15) is 31.7 Å². The van der Waals surface area contributed by atoms with Gasteiger partial charge in [0.25, 0.3) is 0 Å². The van der Waals surface area contributed by atoms with Crippen LogP contribution in [0.25, 0.3) is 0 Å². The number of aryl methyl sites for hydroxylation is 1. The summed E-state index contributed by atoms with van der Waals surface area (Å²) in [5.41, 5.74) is 7.40. The first kappa shape index (κ1) is 18.1. The molecule has 4 nitrogen and oxygen atoms in total. The SMILES string of the molecule is Cc1cccc(OCC(C)NC(=O)C2C3CCC(C3)C2N)c1.Cl. The van der Waals surface area contributed by atoms with Crippen molar-refractivity contribution in [1.29, 1.82) is 0 Å². The van der Waals surface area contributed by atoms with Crippen LogP contribution in [-0.2, 0) is 4.79 Å². The lowest BCUT2D eigenvalue weighted by Gasteiger charge is -2.28. The van der Waals surface area contributed by atoms with E-state index in [0.717, 1.165) is 18.6 Å². The second-order valence-corrected chi connectivity index (χ2v) is 6.97. The number of halogens is 1. The van der Waals surface area contributed by atoms with E-state index in [1.807, 2.05) is 38.1 Å². The average Bonchev–Trinajstić information content (AvgIpc) is 3.06. The molecule has 0 aliphatic heterocycles. The first-order chi connectivity index (χ1) is 10.5. The molecule has 0 heterocycles. The Labute approximate surface area is 144 Å². The molecule has 2 fully saturated rings. The maximum atomic E-state index is 12.5. The van der Waals surface area contributed by atoms with Gasteiger partial charge in [-0.2, -0.15) is 0 Å². The number of carbonyl (C=O) groups excluding carboxylic acids is 1. The summed E-state index contributed by atoms with van der Waals surface area (Å²) >= 11 is 0. The number of fused-ring (bicyclic) bond motifs is 2. The van der Waals surface area contributed by atoms with Crippen molar-refractivity contribution < 1.29 is 9.53 Å². The number of amides is 1. The van der Waals surface area contributed by atoms with E-state index in [1.165, 1.54) is 12.0 Å². The van der Waals surface area contributed by atoms with Gasteiger partial charge >= 0.3 is 0 Å². The van der Waals surface area contributed by atoms with E-state index in [9.17, 15) is 4.79 Å². The van der Waals surface area contributed by atoms with Gasteiger partial charge in [0.05, 0.1) is 12.0 Å². The number of nitrogens with one attached hydrogen (secondary N) is 1. The number of carbonyl (C=O) groups is 1. The summed E-state index contributed by atoms with van der Waals surface area (Å²) in [5.74, 6) is 2.00. The predicted molar refractivity (Wildman–Crippen MR) is 93.8 cm³/mol. The molecule has 0 radical (unpaired) electrons. The van der Waals surface area contributed by atoms with Crippen molar-refractivity contribution in [3.8, 4) is 5.75 Å². The Kier molecular flexibility index (Phi) is 5.93. The highest BCUT2D eigenvalue weighted by molar-refractivity contribution is 5.85. The van der Waals surface area contributed by atoms with Gasteiger partial charge in [0.2, 0.25) is 5.91 Å². The molecule has 1 aromatic carbocycles. The minimum absolute atomic E-state index is 0. The third-order valence-corrected chi connectivity index (χ3v) is 5.16. The lowest BCUT2D eigenvalue weighted by Crippen LogP contribution is -2.48. The second-order valence-electron chi connectivity index (χ2n) is 6.97. The van der Waals surface area contributed by atoms with Crippen LogP contribution in [-0.4, -0.2) is 24.6 Å². The molecule has 128 valence electrons. The smallest absolute Gasteiger partial charge is 0.225 e. The molecule has 2 aliphatic carbocycles. The Morgan fingerprint density at radius 1 is 1.39 bits per heavy atom. The van der Waals surface area contributed by atoms with E-state index >= 15 is 0 Å². The number of rotatable bonds is 5. The predicted octanol–water partition coefficient (Wildman–Crippen LogP) is 2.67. The fourth-order valence-corrected chi connectivity index (χ4v) is 4.03. The van der Waals surface area contributed by atoms with Crippen LogP contribution in [0.2, 0.25) is 0 Å². The van der Waals surface area contributed by atoms with Gasteiger partial charge in [-0.25, -0.2) is 0 Å². The fraction of sp³-hybridized carbons (Fsp3) is 0.611. The molecule has 5 unspecified atom stereocenters. The van der Waals surface area contributed by atoms with E-state index < -0.39 is 0 Å². The fourth-order valence-electron chi connectivity index (χ4n) is 4.03. The van der Waals surface area contributed by atoms with Crippen LogP contribution in [0.4, 0.5) is 0 Å². The van der Waals surface area contributed by atoms with E-state index in [2.05, 4.69) is 5.32 Å². The molecular formula is C18H27ClN2O2. The largest absolute Gasteiger partial charge is 0.491 e. The summed E-state index contributed by atoms with van der Waals surface area (Å²) in [4.78, 5) is 12.5. The van der Waals surface area contributed by atoms with Gasteiger partial charge in [0.1, 0.15) is 12.4 Å². The number of benzene rings is 1. The number of hydrogen-bond donors (Lipinski definition) is 2. The zero-order chi connectivity index (χ0) is 15.7. The molecule has 5 atom stereocenters. The summed E-state index contributed by atoms with van der Waals surface area (Å²) in [7, 11) is 0. The topological polar surface area (TPSA) is 64.3 Å². The van der Waals surface area contributed by atoms with Crippen molar-refractivity contribution in [2.45, 2.75) is 45.2 Å². The maximum absolute atomic E-state index is 12.5. The van der Waals surface area contributed by atoms with Gasteiger partial charge in [-0.3, -0.25) is 4.79 Å². The zero-order valence-electron chi connectivity index (χ0n) is 13.8. The Hall–Kier alpha value is -1.26. The summed E-state index contributed by atoms with van der Waals surface area (Å²) in [6, 6.07) is 7.98. The minimum Gasteiger partial charge on any atom is -0.491 e. The monoisotopic (exact) mass is 338 g/mol. The molecule has 2 bridgehead atoms. The van der Waals surface area contributed by atoms with Gasteiger partial charge in [-0.05, 0) is 62.6 Å². The van der Waals surface area contributed by atoms with Crippen LogP contribution >= 0.6 is 12.4 Å². The van der Waals surface area contributed by atoms with E-state index in [1.54, 1.807) is 0 Å². The quantitative estimate of drug-likeness (QED) is 0.867. The Morgan fingerprint density at radius 2 is 2.13 bits per heavy atom. The molecule has 1 aromatic rings. The zero-order valence-corrected chi connectivity index (χ0v) is 14.6. The normalized spacial score (nSPS) is 29.7. The minimum atomic E-state index is -0.0145. The van der Waals surface area contributed by atoms with Crippen molar-refractivity contribution >= 4 is 18.3 Å². The molecule has 1 amide bonds.